The van der Waals surface area contributed by atoms with Gasteiger partial charge in [0.05, 0.1) is 9.75 Å². The zero-order valence-corrected chi connectivity index (χ0v) is 15.0. The molecule has 24 heavy (non-hydrogen) atoms. The molecule has 4 aliphatic rings. The van der Waals surface area contributed by atoms with Crippen molar-refractivity contribution in [3.8, 4) is 0 Å². The molecule has 2 saturated carbocycles. The molecule has 0 radical (unpaired) electrons. The van der Waals surface area contributed by atoms with Gasteiger partial charge in [0.15, 0.2) is 0 Å². The summed E-state index contributed by atoms with van der Waals surface area (Å²) in [7, 11) is 0. The summed E-state index contributed by atoms with van der Waals surface area (Å²) >= 11 is 15.3. The van der Waals surface area contributed by atoms with Crippen LogP contribution in [0.15, 0.2) is 48.5 Å². The molecular formula is C22H20Cl2. The molecule has 0 nitrogen and oxygen atoms in total. The van der Waals surface area contributed by atoms with E-state index in [1.807, 2.05) is 0 Å². The van der Waals surface area contributed by atoms with E-state index >= 15 is 0 Å². The topological polar surface area (TPSA) is 0 Å². The largest absolute Gasteiger partial charge is 0.116 e. The second kappa shape index (κ2) is 4.40. The van der Waals surface area contributed by atoms with E-state index in [0.717, 1.165) is 0 Å². The van der Waals surface area contributed by atoms with Gasteiger partial charge < -0.3 is 0 Å². The minimum Gasteiger partial charge on any atom is -0.116 e. The first-order valence-corrected chi connectivity index (χ1v) is 9.98. The Balaban J connectivity index is 1.57. The predicted molar refractivity (Wildman–Crippen MR) is 99.5 cm³/mol. The molecular weight excluding hydrogens is 335 g/mol. The number of hydrogen-bond donors (Lipinski definition) is 0. The third-order valence-corrected chi connectivity index (χ3v) is 9.37. The van der Waals surface area contributed by atoms with Crippen LogP contribution in [0.4, 0.5) is 0 Å². The van der Waals surface area contributed by atoms with Gasteiger partial charge in [0.2, 0.25) is 0 Å². The van der Waals surface area contributed by atoms with Gasteiger partial charge >= 0.3 is 0 Å². The lowest BCUT2D eigenvalue weighted by molar-refractivity contribution is 0.344. The normalized spacial score (nSPS) is 43.9. The Morgan fingerprint density at radius 1 is 0.542 bits per heavy atom. The molecule has 4 atom stereocenters. The summed E-state index contributed by atoms with van der Waals surface area (Å²) < 4.78 is 0. The Morgan fingerprint density at radius 2 is 0.792 bits per heavy atom. The van der Waals surface area contributed by atoms with Gasteiger partial charge in [0.1, 0.15) is 0 Å². The summed E-state index contributed by atoms with van der Waals surface area (Å²) in [6.07, 6.45) is 4.76. The van der Waals surface area contributed by atoms with Gasteiger partial charge in [0.25, 0.3) is 0 Å². The molecule has 6 rings (SSSR count). The molecule has 0 saturated heterocycles. The standard InChI is InChI=1S/C22H20Cl2/c23-21(17-9-10-18(21)14-6-2-1-5-13(14)17)22(24)19-11-12-20(22)16-8-4-3-7-15(16)19/h1-8,17-20H,9-12H2. The molecule has 0 aliphatic heterocycles. The first kappa shape index (κ1) is 14.2. The molecule has 0 N–H and O–H groups in total. The molecule has 0 spiro atoms. The highest BCUT2D eigenvalue weighted by Crippen LogP contribution is 2.77. The number of hydrogen-bond acceptors (Lipinski definition) is 0. The third-order valence-electron chi connectivity index (χ3n) is 7.60. The molecule has 2 aromatic carbocycles. The van der Waals surface area contributed by atoms with Crippen molar-refractivity contribution in [2.24, 2.45) is 0 Å². The Hall–Kier alpha value is -0.980. The number of alkyl halides is 2. The molecule has 2 aromatic rings. The number of rotatable bonds is 1. The number of benzene rings is 2. The highest BCUT2D eigenvalue weighted by molar-refractivity contribution is 6.37. The first-order chi connectivity index (χ1) is 11.7. The van der Waals surface area contributed by atoms with Gasteiger partial charge in [-0.05, 0) is 47.9 Å². The minimum absolute atomic E-state index is 0.330. The quantitative estimate of drug-likeness (QED) is 0.527. The van der Waals surface area contributed by atoms with Crippen molar-refractivity contribution < 1.29 is 0 Å². The summed E-state index contributed by atoms with van der Waals surface area (Å²) in [5.41, 5.74) is 5.89. The lowest BCUT2D eigenvalue weighted by atomic mass is 9.73. The molecule has 0 amide bonds. The Bertz CT molecular complexity index is 721. The van der Waals surface area contributed by atoms with E-state index in [-0.39, 0.29) is 9.75 Å². The van der Waals surface area contributed by atoms with Crippen LogP contribution in [-0.2, 0) is 0 Å². The van der Waals surface area contributed by atoms with Crippen LogP contribution < -0.4 is 0 Å². The highest BCUT2D eigenvalue weighted by atomic mass is 35.5. The Labute approximate surface area is 153 Å². The van der Waals surface area contributed by atoms with Crippen molar-refractivity contribution in [3.05, 3.63) is 70.8 Å². The average molecular weight is 355 g/mol. The van der Waals surface area contributed by atoms with E-state index in [4.69, 9.17) is 23.2 Å². The fourth-order valence-electron chi connectivity index (χ4n) is 6.88. The number of halogens is 2. The van der Waals surface area contributed by atoms with Crippen LogP contribution in [0.1, 0.15) is 71.6 Å². The van der Waals surface area contributed by atoms with Crippen molar-refractivity contribution in [1.29, 1.82) is 0 Å². The minimum atomic E-state index is -0.330. The van der Waals surface area contributed by atoms with Gasteiger partial charge in [-0.25, -0.2) is 0 Å². The molecule has 122 valence electrons. The van der Waals surface area contributed by atoms with E-state index in [9.17, 15) is 0 Å². The van der Waals surface area contributed by atoms with Crippen LogP contribution in [-0.4, -0.2) is 9.75 Å². The average Bonchev–Trinajstić information content (AvgIpc) is 3.30. The summed E-state index contributed by atoms with van der Waals surface area (Å²) in [5.74, 6) is 1.65. The van der Waals surface area contributed by atoms with Crippen molar-refractivity contribution in [2.75, 3.05) is 0 Å². The van der Waals surface area contributed by atoms with Crippen molar-refractivity contribution in [2.45, 2.75) is 59.1 Å². The summed E-state index contributed by atoms with van der Waals surface area (Å²) in [6.45, 7) is 0. The fraction of sp³-hybridized carbons (Fsp3) is 0.455. The zero-order chi connectivity index (χ0) is 16.1. The van der Waals surface area contributed by atoms with Crippen LogP contribution in [0.5, 0.6) is 0 Å². The molecule has 4 aliphatic carbocycles. The van der Waals surface area contributed by atoms with Gasteiger partial charge in [-0.1, -0.05) is 48.5 Å². The van der Waals surface area contributed by atoms with Crippen molar-refractivity contribution >= 4 is 23.2 Å². The molecule has 0 heterocycles. The van der Waals surface area contributed by atoms with Crippen molar-refractivity contribution in [3.63, 3.8) is 0 Å². The maximum Gasteiger partial charge on any atom is 0.0786 e. The SMILES string of the molecule is ClC1(C2(Cl)C3CCC2c2ccccc23)C2CCC1c1ccccc12. The Morgan fingerprint density at radius 3 is 1.04 bits per heavy atom. The van der Waals surface area contributed by atoms with E-state index in [0.29, 0.717) is 23.7 Å². The number of fused-ring (bicyclic) bond motifs is 11. The Kier molecular flexibility index (Phi) is 2.61. The maximum atomic E-state index is 7.63. The molecule has 4 unspecified atom stereocenters. The monoisotopic (exact) mass is 354 g/mol. The lowest BCUT2D eigenvalue weighted by Gasteiger charge is -2.45. The molecule has 0 aromatic heterocycles. The van der Waals surface area contributed by atoms with Gasteiger partial charge in [0, 0.05) is 23.7 Å². The maximum absolute atomic E-state index is 7.63. The van der Waals surface area contributed by atoms with Crippen LogP contribution in [0.2, 0.25) is 0 Å². The van der Waals surface area contributed by atoms with E-state index < -0.39 is 0 Å². The third kappa shape index (κ3) is 1.32. The van der Waals surface area contributed by atoms with Crippen LogP contribution in [0, 0.1) is 0 Å². The van der Waals surface area contributed by atoms with E-state index in [1.165, 1.54) is 47.9 Å². The lowest BCUT2D eigenvalue weighted by Crippen LogP contribution is -2.50. The van der Waals surface area contributed by atoms with Crippen LogP contribution >= 0.6 is 23.2 Å². The van der Waals surface area contributed by atoms with Gasteiger partial charge in [-0.2, -0.15) is 0 Å². The van der Waals surface area contributed by atoms with Gasteiger partial charge in [-0.15, -0.1) is 23.2 Å². The first-order valence-electron chi connectivity index (χ1n) is 9.23. The smallest absolute Gasteiger partial charge is 0.0786 e. The summed E-state index contributed by atoms with van der Waals surface area (Å²) in [6, 6.07) is 17.8. The molecule has 4 bridgehead atoms. The predicted octanol–water partition coefficient (Wildman–Crippen LogP) is 6.29. The summed E-state index contributed by atoms with van der Waals surface area (Å²) in [4.78, 5) is -0.661. The van der Waals surface area contributed by atoms with Crippen LogP contribution in [0.25, 0.3) is 0 Å². The zero-order valence-electron chi connectivity index (χ0n) is 13.5. The van der Waals surface area contributed by atoms with E-state index in [2.05, 4.69) is 48.5 Å². The van der Waals surface area contributed by atoms with Crippen molar-refractivity contribution in [1.82, 2.24) is 0 Å². The van der Waals surface area contributed by atoms with Crippen LogP contribution in [0.3, 0.4) is 0 Å². The molecule has 2 heteroatoms. The fourth-order valence-corrected chi connectivity index (χ4v) is 8.31. The highest BCUT2D eigenvalue weighted by Gasteiger charge is 2.73. The van der Waals surface area contributed by atoms with E-state index in [1.54, 1.807) is 0 Å². The molecule has 2 fully saturated rings. The summed E-state index contributed by atoms with van der Waals surface area (Å²) in [5, 5.41) is 0. The second-order valence-corrected chi connectivity index (χ2v) is 9.41. The van der Waals surface area contributed by atoms with Gasteiger partial charge in [-0.3, -0.25) is 0 Å². The second-order valence-electron chi connectivity index (χ2n) is 8.16.